The van der Waals surface area contributed by atoms with E-state index in [9.17, 15) is 4.39 Å². The summed E-state index contributed by atoms with van der Waals surface area (Å²) in [6, 6.07) is 10.1. The SMILES string of the molecule is Fc1ccc(CNc2cc(OC3CCOCC3)cc(Nc3cnccn3)n2)cc1. The quantitative estimate of drug-likeness (QED) is 0.627. The van der Waals surface area contributed by atoms with E-state index in [0.29, 0.717) is 43.0 Å². The van der Waals surface area contributed by atoms with Crippen LogP contribution >= 0.6 is 0 Å². The van der Waals surface area contributed by atoms with E-state index in [4.69, 9.17) is 9.47 Å². The molecular weight excluding hydrogens is 373 g/mol. The summed E-state index contributed by atoms with van der Waals surface area (Å²) in [7, 11) is 0. The van der Waals surface area contributed by atoms with Gasteiger partial charge in [0.1, 0.15) is 35.1 Å². The van der Waals surface area contributed by atoms with Crippen LogP contribution in [0.1, 0.15) is 18.4 Å². The zero-order valence-electron chi connectivity index (χ0n) is 15.8. The Kier molecular flexibility index (Phi) is 6.11. The molecule has 2 N–H and O–H groups in total. The van der Waals surface area contributed by atoms with Crippen molar-refractivity contribution in [3.8, 4) is 5.75 Å². The van der Waals surface area contributed by atoms with E-state index in [-0.39, 0.29) is 11.9 Å². The number of ether oxygens (including phenoxy) is 2. The van der Waals surface area contributed by atoms with Crippen molar-refractivity contribution in [2.45, 2.75) is 25.5 Å². The van der Waals surface area contributed by atoms with Crippen LogP contribution in [-0.4, -0.2) is 34.3 Å². The molecule has 2 aromatic heterocycles. The van der Waals surface area contributed by atoms with Crippen LogP contribution in [0.2, 0.25) is 0 Å². The maximum atomic E-state index is 13.1. The Morgan fingerprint density at radius 1 is 1.03 bits per heavy atom. The van der Waals surface area contributed by atoms with Crippen molar-refractivity contribution in [1.29, 1.82) is 0 Å². The summed E-state index contributed by atoms with van der Waals surface area (Å²) in [4.78, 5) is 12.9. The zero-order valence-corrected chi connectivity index (χ0v) is 15.8. The molecule has 0 saturated carbocycles. The van der Waals surface area contributed by atoms with E-state index in [1.807, 2.05) is 12.1 Å². The minimum absolute atomic E-state index is 0.112. The lowest BCUT2D eigenvalue weighted by atomic mass is 10.1. The number of anilines is 3. The van der Waals surface area contributed by atoms with Crippen LogP contribution in [0.3, 0.4) is 0 Å². The van der Waals surface area contributed by atoms with E-state index in [1.54, 1.807) is 30.7 Å². The first kappa shape index (κ1) is 19.1. The van der Waals surface area contributed by atoms with Crippen molar-refractivity contribution < 1.29 is 13.9 Å². The molecule has 0 unspecified atom stereocenters. The molecule has 29 heavy (non-hydrogen) atoms. The molecule has 3 aromatic rings. The minimum atomic E-state index is -0.255. The molecule has 1 aliphatic rings. The maximum absolute atomic E-state index is 13.1. The highest BCUT2D eigenvalue weighted by molar-refractivity contribution is 5.57. The van der Waals surface area contributed by atoms with Crippen molar-refractivity contribution in [3.63, 3.8) is 0 Å². The normalized spacial score (nSPS) is 14.4. The second-order valence-electron chi connectivity index (χ2n) is 6.70. The smallest absolute Gasteiger partial charge is 0.150 e. The van der Waals surface area contributed by atoms with Gasteiger partial charge in [0.2, 0.25) is 0 Å². The Bertz CT molecular complexity index is 918. The van der Waals surface area contributed by atoms with E-state index in [2.05, 4.69) is 25.6 Å². The summed E-state index contributed by atoms with van der Waals surface area (Å²) < 4.78 is 24.7. The van der Waals surface area contributed by atoms with E-state index < -0.39 is 0 Å². The molecule has 0 bridgehead atoms. The molecule has 0 atom stereocenters. The molecule has 0 radical (unpaired) electrons. The first-order valence-corrected chi connectivity index (χ1v) is 9.52. The van der Waals surface area contributed by atoms with Crippen LogP contribution in [0.5, 0.6) is 5.75 Å². The number of pyridine rings is 1. The topological polar surface area (TPSA) is 81.2 Å². The molecule has 1 fully saturated rings. The molecule has 0 spiro atoms. The summed E-state index contributed by atoms with van der Waals surface area (Å²) >= 11 is 0. The third kappa shape index (κ3) is 5.61. The third-order valence-corrected chi connectivity index (χ3v) is 4.48. The average Bonchev–Trinajstić information content (AvgIpc) is 2.75. The fourth-order valence-corrected chi connectivity index (χ4v) is 3.00. The van der Waals surface area contributed by atoms with Crippen LogP contribution in [0.15, 0.2) is 55.0 Å². The Morgan fingerprint density at radius 3 is 2.59 bits per heavy atom. The number of hydrogen-bond donors (Lipinski definition) is 2. The van der Waals surface area contributed by atoms with Crippen LogP contribution in [0.4, 0.5) is 21.8 Å². The van der Waals surface area contributed by atoms with E-state index in [1.165, 1.54) is 12.1 Å². The summed E-state index contributed by atoms with van der Waals surface area (Å²) in [5.74, 6) is 2.28. The summed E-state index contributed by atoms with van der Waals surface area (Å²) in [6.07, 6.45) is 6.66. The lowest BCUT2D eigenvalue weighted by molar-refractivity contribution is 0.0256. The average molecular weight is 395 g/mol. The predicted octanol–water partition coefficient (Wildman–Crippen LogP) is 3.92. The van der Waals surface area contributed by atoms with Crippen molar-refractivity contribution in [2.24, 2.45) is 0 Å². The Balaban J connectivity index is 1.52. The van der Waals surface area contributed by atoms with Gasteiger partial charge in [0.15, 0.2) is 0 Å². The van der Waals surface area contributed by atoms with Crippen LogP contribution in [0, 0.1) is 5.82 Å². The van der Waals surface area contributed by atoms with Gasteiger partial charge in [0, 0.05) is 43.9 Å². The molecule has 0 amide bonds. The molecule has 0 aliphatic carbocycles. The summed E-state index contributed by atoms with van der Waals surface area (Å²) in [5.41, 5.74) is 0.951. The number of nitrogens with zero attached hydrogens (tertiary/aromatic N) is 3. The zero-order chi connectivity index (χ0) is 19.9. The van der Waals surface area contributed by atoms with Gasteiger partial charge in [-0.25, -0.2) is 14.4 Å². The summed E-state index contributed by atoms with van der Waals surface area (Å²) in [5, 5.41) is 6.42. The van der Waals surface area contributed by atoms with Gasteiger partial charge in [-0.2, -0.15) is 0 Å². The van der Waals surface area contributed by atoms with Gasteiger partial charge in [-0.1, -0.05) is 12.1 Å². The number of nitrogens with one attached hydrogen (secondary N) is 2. The lowest BCUT2D eigenvalue weighted by Crippen LogP contribution is -2.26. The van der Waals surface area contributed by atoms with Crippen LogP contribution in [0.25, 0.3) is 0 Å². The molecule has 8 heteroatoms. The number of rotatable bonds is 7. The van der Waals surface area contributed by atoms with Crippen molar-refractivity contribution in [1.82, 2.24) is 15.0 Å². The molecule has 3 heterocycles. The molecular formula is C21H22FN5O2. The lowest BCUT2D eigenvalue weighted by Gasteiger charge is -2.24. The molecule has 4 rings (SSSR count). The Labute approximate surface area is 168 Å². The van der Waals surface area contributed by atoms with Gasteiger partial charge < -0.3 is 20.1 Å². The fourth-order valence-electron chi connectivity index (χ4n) is 3.00. The predicted molar refractivity (Wildman–Crippen MR) is 108 cm³/mol. The first-order chi connectivity index (χ1) is 14.2. The Morgan fingerprint density at radius 2 is 1.83 bits per heavy atom. The highest BCUT2D eigenvalue weighted by Gasteiger charge is 2.16. The highest BCUT2D eigenvalue weighted by atomic mass is 19.1. The van der Waals surface area contributed by atoms with Crippen LogP contribution in [-0.2, 0) is 11.3 Å². The number of benzene rings is 1. The van der Waals surface area contributed by atoms with E-state index >= 15 is 0 Å². The maximum Gasteiger partial charge on any atom is 0.150 e. The van der Waals surface area contributed by atoms with E-state index in [0.717, 1.165) is 18.4 Å². The second-order valence-corrected chi connectivity index (χ2v) is 6.70. The number of aromatic nitrogens is 3. The Hall–Kier alpha value is -3.26. The molecule has 1 saturated heterocycles. The molecule has 1 aromatic carbocycles. The third-order valence-electron chi connectivity index (χ3n) is 4.48. The van der Waals surface area contributed by atoms with Crippen LogP contribution < -0.4 is 15.4 Å². The van der Waals surface area contributed by atoms with Gasteiger partial charge in [0.25, 0.3) is 0 Å². The van der Waals surface area contributed by atoms with Gasteiger partial charge in [0.05, 0.1) is 19.4 Å². The number of hydrogen-bond acceptors (Lipinski definition) is 7. The van der Waals surface area contributed by atoms with Gasteiger partial charge in [-0.05, 0) is 17.7 Å². The fraction of sp³-hybridized carbons (Fsp3) is 0.286. The monoisotopic (exact) mass is 395 g/mol. The minimum Gasteiger partial charge on any atom is -0.490 e. The molecule has 7 nitrogen and oxygen atoms in total. The molecule has 1 aliphatic heterocycles. The molecule has 150 valence electrons. The largest absolute Gasteiger partial charge is 0.490 e. The van der Waals surface area contributed by atoms with Crippen molar-refractivity contribution >= 4 is 17.5 Å². The second kappa shape index (κ2) is 9.29. The van der Waals surface area contributed by atoms with Gasteiger partial charge in [-0.3, -0.25) is 4.98 Å². The van der Waals surface area contributed by atoms with Gasteiger partial charge >= 0.3 is 0 Å². The summed E-state index contributed by atoms with van der Waals surface area (Å²) in [6.45, 7) is 1.92. The van der Waals surface area contributed by atoms with Crippen molar-refractivity contribution in [2.75, 3.05) is 23.8 Å². The first-order valence-electron chi connectivity index (χ1n) is 9.52. The van der Waals surface area contributed by atoms with Crippen molar-refractivity contribution in [3.05, 3.63) is 66.4 Å². The standard InChI is InChI=1S/C21H22FN5O2/c22-16-3-1-15(2-4-16)13-25-19-11-18(29-17-5-9-28-10-6-17)12-20(26-19)27-21-14-23-7-8-24-21/h1-4,7-8,11-12,14,17H,5-6,9-10,13H2,(H2,24,25,26,27). The highest BCUT2D eigenvalue weighted by Crippen LogP contribution is 2.26. The van der Waals surface area contributed by atoms with Gasteiger partial charge in [-0.15, -0.1) is 0 Å². The number of halogens is 1.